The van der Waals surface area contributed by atoms with Crippen LogP contribution in [0.3, 0.4) is 0 Å². The summed E-state index contributed by atoms with van der Waals surface area (Å²) < 4.78 is 14.1. The third-order valence-electron chi connectivity index (χ3n) is 5.01. The van der Waals surface area contributed by atoms with Crippen LogP contribution in [0.2, 0.25) is 0 Å². The molecule has 2 aromatic rings. The number of hydrogen-bond acceptors (Lipinski definition) is 2. The van der Waals surface area contributed by atoms with Gasteiger partial charge in [-0.1, -0.05) is 48.0 Å². The van der Waals surface area contributed by atoms with Crippen molar-refractivity contribution in [2.75, 3.05) is 26.7 Å². The molecule has 0 spiro atoms. The summed E-state index contributed by atoms with van der Waals surface area (Å²) in [7, 11) is 1.99. The second-order valence-corrected chi connectivity index (χ2v) is 6.84. The lowest BCUT2D eigenvalue weighted by Gasteiger charge is -2.40. The number of halogens is 1. The number of hydrogen-bond donors (Lipinski definition) is 0. The molecule has 0 radical (unpaired) electrons. The van der Waals surface area contributed by atoms with E-state index in [1.807, 2.05) is 24.1 Å². The van der Waals surface area contributed by atoms with E-state index in [4.69, 9.17) is 0 Å². The van der Waals surface area contributed by atoms with Gasteiger partial charge in [0.2, 0.25) is 5.91 Å². The van der Waals surface area contributed by atoms with E-state index in [-0.39, 0.29) is 17.8 Å². The SMILES string of the molecule is Cc1ccc(CCC(=O)N2CCN(C)C(c3ccccc3F)C2)cc1. The minimum Gasteiger partial charge on any atom is -0.339 e. The smallest absolute Gasteiger partial charge is 0.223 e. The van der Waals surface area contributed by atoms with E-state index in [0.29, 0.717) is 25.1 Å². The van der Waals surface area contributed by atoms with E-state index in [1.165, 1.54) is 17.2 Å². The minimum atomic E-state index is -0.201. The molecule has 1 unspecified atom stereocenters. The van der Waals surface area contributed by atoms with Crippen molar-refractivity contribution < 1.29 is 9.18 Å². The standard InChI is InChI=1S/C21H25FN2O/c1-16-7-9-17(10-8-16)11-12-21(25)24-14-13-23(2)20(15-24)18-5-3-4-6-19(18)22/h3-10,20H,11-15H2,1-2H3. The Morgan fingerprint density at radius 2 is 1.84 bits per heavy atom. The molecule has 3 nitrogen and oxygen atoms in total. The van der Waals surface area contributed by atoms with Crippen molar-refractivity contribution in [1.82, 2.24) is 9.80 Å². The summed E-state index contributed by atoms with van der Waals surface area (Å²) in [4.78, 5) is 16.6. The maximum Gasteiger partial charge on any atom is 0.223 e. The lowest BCUT2D eigenvalue weighted by atomic mass is 10.0. The van der Waals surface area contributed by atoms with E-state index < -0.39 is 0 Å². The highest BCUT2D eigenvalue weighted by Crippen LogP contribution is 2.26. The molecule has 25 heavy (non-hydrogen) atoms. The highest BCUT2D eigenvalue weighted by molar-refractivity contribution is 5.76. The molecule has 4 heteroatoms. The van der Waals surface area contributed by atoms with Crippen LogP contribution in [0.25, 0.3) is 0 Å². The van der Waals surface area contributed by atoms with Crippen molar-refractivity contribution in [3.05, 3.63) is 71.0 Å². The van der Waals surface area contributed by atoms with Gasteiger partial charge in [0.05, 0.1) is 6.04 Å². The predicted molar refractivity (Wildman–Crippen MR) is 97.9 cm³/mol. The molecular formula is C21H25FN2O. The molecule has 1 atom stereocenters. The summed E-state index contributed by atoms with van der Waals surface area (Å²) in [5.74, 6) is -0.0525. The van der Waals surface area contributed by atoms with Crippen LogP contribution in [0.1, 0.15) is 29.2 Å². The Bertz CT molecular complexity index is 729. The number of amides is 1. The topological polar surface area (TPSA) is 23.6 Å². The van der Waals surface area contributed by atoms with Gasteiger partial charge in [-0.25, -0.2) is 4.39 Å². The van der Waals surface area contributed by atoms with E-state index in [9.17, 15) is 9.18 Å². The molecule has 1 heterocycles. The third kappa shape index (κ3) is 4.26. The number of aryl methyl sites for hydroxylation is 2. The lowest BCUT2D eigenvalue weighted by Crippen LogP contribution is -2.49. The summed E-state index contributed by atoms with van der Waals surface area (Å²) in [5, 5.41) is 0. The molecule has 0 aromatic heterocycles. The van der Waals surface area contributed by atoms with Gasteiger partial charge >= 0.3 is 0 Å². The molecule has 1 amide bonds. The zero-order valence-electron chi connectivity index (χ0n) is 14.9. The summed E-state index contributed by atoms with van der Waals surface area (Å²) in [5.41, 5.74) is 3.07. The molecule has 0 saturated carbocycles. The fourth-order valence-corrected chi connectivity index (χ4v) is 3.35. The van der Waals surface area contributed by atoms with Crippen LogP contribution < -0.4 is 0 Å². The Labute approximate surface area is 149 Å². The first-order valence-corrected chi connectivity index (χ1v) is 8.82. The first-order chi connectivity index (χ1) is 12.0. The van der Waals surface area contributed by atoms with E-state index in [0.717, 1.165) is 13.0 Å². The first-order valence-electron chi connectivity index (χ1n) is 8.82. The Kier molecular flexibility index (Phi) is 5.49. The van der Waals surface area contributed by atoms with Gasteiger partial charge in [0.25, 0.3) is 0 Å². The lowest BCUT2D eigenvalue weighted by molar-refractivity contribution is -0.134. The Hall–Kier alpha value is -2.20. The van der Waals surface area contributed by atoms with Crippen molar-refractivity contribution in [2.24, 2.45) is 0 Å². The zero-order valence-corrected chi connectivity index (χ0v) is 14.9. The molecule has 1 saturated heterocycles. The molecule has 0 bridgehead atoms. The first kappa shape index (κ1) is 17.6. The van der Waals surface area contributed by atoms with E-state index >= 15 is 0 Å². The molecule has 3 rings (SSSR count). The van der Waals surface area contributed by atoms with Crippen LogP contribution in [0.5, 0.6) is 0 Å². The predicted octanol–water partition coefficient (Wildman–Crippen LogP) is 3.58. The van der Waals surface area contributed by atoms with Gasteiger partial charge in [-0.2, -0.15) is 0 Å². The van der Waals surface area contributed by atoms with Crippen LogP contribution in [0.15, 0.2) is 48.5 Å². The highest BCUT2D eigenvalue weighted by atomic mass is 19.1. The number of carbonyl (C=O) groups excluding carboxylic acids is 1. The summed E-state index contributed by atoms with van der Waals surface area (Å²) in [6.07, 6.45) is 1.24. The second kappa shape index (κ2) is 7.79. The van der Waals surface area contributed by atoms with Gasteiger partial charge in [-0.05, 0) is 32.0 Å². The molecule has 1 fully saturated rings. The van der Waals surface area contributed by atoms with E-state index in [2.05, 4.69) is 36.1 Å². The van der Waals surface area contributed by atoms with Crippen molar-refractivity contribution in [2.45, 2.75) is 25.8 Å². The summed E-state index contributed by atoms with van der Waals surface area (Å²) in [6.45, 7) is 4.07. The molecule has 1 aliphatic rings. The Balaban J connectivity index is 1.63. The number of carbonyl (C=O) groups is 1. The summed E-state index contributed by atoms with van der Waals surface area (Å²) >= 11 is 0. The van der Waals surface area contributed by atoms with Gasteiger partial charge in [-0.15, -0.1) is 0 Å². The highest BCUT2D eigenvalue weighted by Gasteiger charge is 2.29. The Morgan fingerprint density at radius 3 is 2.56 bits per heavy atom. The van der Waals surface area contributed by atoms with Gasteiger partial charge in [0.1, 0.15) is 5.82 Å². The number of benzene rings is 2. The van der Waals surface area contributed by atoms with E-state index in [1.54, 1.807) is 6.07 Å². The fourth-order valence-electron chi connectivity index (χ4n) is 3.35. The average Bonchev–Trinajstić information content (AvgIpc) is 2.62. The van der Waals surface area contributed by atoms with Crippen LogP contribution in [-0.4, -0.2) is 42.4 Å². The molecule has 0 aliphatic carbocycles. The van der Waals surface area contributed by atoms with Gasteiger partial charge < -0.3 is 4.90 Å². The molecule has 1 aliphatic heterocycles. The molecule has 2 aromatic carbocycles. The zero-order chi connectivity index (χ0) is 17.8. The molecule has 0 N–H and O–H groups in total. The van der Waals surface area contributed by atoms with Crippen LogP contribution >= 0.6 is 0 Å². The second-order valence-electron chi connectivity index (χ2n) is 6.84. The quantitative estimate of drug-likeness (QED) is 0.849. The monoisotopic (exact) mass is 340 g/mol. The van der Waals surface area contributed by atoms with Crippen LogP contribution in [-0.2, 0) is 11.2 Å². The number of rotatable bonds is 4. The van der Waals surface area contributed by atoms with Gasteiger partial charge in [0, 0.05) is 31.6 Å². The average molecular weight is 340 g/mol. The van der Waals surface area contributed by atoms with Gasteiger partial charge in [0.15, 0.2) is 0 Å². The fraction of sp³-hybridized carbons (Fsp3) is 0.381. The number of nitrogens with zero attached hydrogens (tertiary/aromatic N) is 2. The maximum atomic E-state index is 14.1. The molecule has 132 valence electrons. The molecular weight excluding hydrogens is 315 g/mol. The van der Waals surface area contributed by atoms with Gasteiger partial charge in [-0.3, -0.25) is 9.69 Å². The van der Waals surface area contributed by atoms with Crippen LogP contribution in [0.4, 0.5) is 4.39 Å². The third-order valence-corrected chi connectivity index (χ3v) is 5.01. The van der Waals surface area contributed by atoms with Crippen molar-refractivity contribution in [1.29, 1.82) is 0 Å². The summed E-state index contributed by atoms with van der Waals surface area (Å²) in [6, 6.07) is 15.1. The van der Waals surface area contributed by atoms with Crippen molar-refractivity contribution >= 4 is 5.91 Å². The largest absolute Gasteiger partial charge is 0.339 e. The number of likely N-dealkylation sites (N-methyl/N-ethyl adjacent to an activating group) is 1. The van der Waals surface area contributed by atoms with Crippen LogP contribution in [0, 0.1) is 12.7 Å². The van der Waals surface area contributed by atoms with Crippen molar-refractivity contribution in [3.8, 4) is 0 Å². The minimum absolute atomic E-state index is 0.0849. The number of piperazine rings is 1. The normalized spacial score (nSPS) is 18.4. The van der Waals surface area contributed by atoms with Crippen molar-refractivity contribution in [3.63, 3.8) is 0 Å². The maximum absolute atomic E-state index is 14.1. The Morgan fingerprint density at radius 1 is 1.12 bits per heavy atom.